The predicted octanol–water partition coefficient (Wildman–Crippen LogP) is 8.07. The zero-order valence-electron chi connectivity index (χ0n) is 24.9. The van der Waals surface area contributed by atoms with Gasteiger partial charge in [0.25, 0.3) is 0 Å². The van der Waals surface area contributed by atoms with Crippen molar-refractivity contribution in [1.82, 2.24) is 4.98 Å². The van der Waals surface area contributed by atoms with Gasteiger partial charge in [0.05, 0.1) is 24.9 Å². The topological polar surface area (TPSA) is 22.1 Å². The van der Waals surface area contributed by atoms with Crippen molar-refractivity contribution in [3.8, 4) is 11.3 Å². The number of rotatable bonds is 7. The Balaban J connectivity index is 0.00000370. The summed E-state index contributed by atoms with van der Waals surface area (Å²) < 4.78 is 7.06. The Morgan fingerprint density at radius 3 is 1.88 bits per heavy atom. The number of nitrogens with zero attached hydrogens (tertiary/aromatic N) is 1. The number of aryl methyl sites for hydroxylation is 1. The zero-order valence-corrected chi connectivity index (χ0v) is 28.5. The van der Waals surface area contributed by atoms with Crippen LogP contribution in [0, 0.1) is 0 Å². The number of pyridine rings is 1. The predicted molar refractivity (Wildman–Crippen MR) is 173 cm³/mol. The monoisotopic (exact) mass is 658 g/mol. The second-order valence-corrected chi connectivity index (χ2v) is 20.1. The molecule has 5 rings (SSSR count). The number of hydrogen-bond acceptors (Lipinski definition) is 2. The molecule has 0 bridgehead atoms. The summed E-state index contributed by atoms with van der Waals surface area (Å²) in [5, 5.41) is 4.35. The van der Waals surface area contributed by atoms with Crippen molar-refractivity contribution in [1.29, 1.82) is 0 Å². The molecule has 5 heteroatoms. The summed E-state index contributed by atoms with van der Waals surface area (Å²) in [6.07, 6.45) is 2.17. The quantitative estimate of drug-likeness (QED) is 0.148. The van der Waals surface area contributed by atoms with E-state index in [9.17, 15) is 0 Å². The summed E-state index contributed by atoms with van der Waals surface area (Å²) in [6.45, 7) is 16.3. The van der Waals surface area contributed by atoms with E-state index in [4.69, 9.17) is 9.41 Å². The van der Waals surface area contributed by atoms with Gasteiger partial charge < -0.3 is 4.43 Å². The Labute approximate surface area is 257 Å². The first-order valence-corrected chi connectivity index (χ1v) is 18.7. The zero-order chi connectivity index (χ0) is 27.8. The molecule has 1 atom stereocenters. The smallest absolute Gasteiger partial charge is 0.192 e. The van der Waals surface area contributed by atoms with Crippen LogP contribution < -0.4 is 15.9 Å². The van der Waals surface area contributed by atoms with Crippen molar-refractivity contribution in [3.63, 3.8) is 0 Å². The molecule has 2 nitrogen and oxygen atoms in total. The largest absolute Gasteiger partial charge is 0.411 e. The van der Waals surface area contributed by atoms with Crippen LogP contribution in [0.15, 0.2) is 97.1 Å². The molecule has 3 aromatic carbocycles. The molecular formula is C35H43NOPPdSi+. The molecule has 0 aliphatic heterocycles. The van der Waals surface area contributed by atoms with Gasteiger partial charge in [-0.15, -0.1) is 0 Å². The van der Waals surface area contributed by atoms with Crippen LogP contribution in [-0.2, 0) is 31.3 Å². The summed E-state index contributed by atoms with van der Waals surface area (Å²) >= 11 is 0. The van der Waals surface area contributed by atoms with Crippen LogP contribution in [0.2, 0.25) is 18.1 Å². The summed E-state index contributed by atoms with van der Waals surface area (Å²) in [5.74, 6) is 0.293. The first-order chi connectivity index (χ1) is 18.5. The molecule has 40 heavy (non-hydrogen) atoms. The van der Waals surface area contributed by atoms with Gasteiger partial charge in [-0.25, -0.2) is 0 Å². The van der Waals surface area contributed by atoms with Crippen LogP contribution in [0.4, 0.5) is 0 Å². The summed E-state index contributed by atoms with van der Waals surface area (Å²) in [5.41, 5.74) is 4.68. The second kappa shape index (κ2) is 12.1. The van der Waals surface area contributed by atoms with Crippen LogP contribution in [0.3, 0.4) is 0 Å². The third-order valence-electron chi connectivity index (χ3n) is 8.81. The average molecular weight is 659 g/mol. The van der Waals surface area contributed by atoms with Gasteiger partial charge in [-0.1, -0.05) is 75.4 Å². The minimum absolute atomic E-state index is 0. The number of benzene rings is 3. The number of hydrogen-bond donors (Lipinski definition) is 0. The van der Waals surface area contributed by atoms with Crippen molar-refractivity contribution < 1.29 is 24.8 Å². The molecule has 0 fully saturated rings. The van der Waals surface area contributed by atoms with Gasteiger partial charge in [0.2, 0.25) is 0 Å². The van der Waals surface area contributed by atoms with E-state index in [2.05, 4.69) is 145 Å². The Morgan fingerprint density at radius 1 is 0.750 bits per heavy atom. The van der Waals surface area contributed by atoms with Gasteiger partial charge in [0.15, 0.2) is 8.32 Å². The average Bonchev–Trinajstić information content (AvgIpc) is 3.34. The van der Waals surface area contributed by atoms with Gasteiger partial charge in [0, 0.05) is 31.9 Å². The molecule has 0 unspecified atom stereocenters. The minimum atomic E-state index is -1.93. The van der Waals surface area contributed by atoms with Crippen molar-refractivity contribution >= 4 is 32.2 Å². The molecular weight excluding hydrogens is 616 g/mol. The summed E-state index contributed by atoms with van der Waals surface area (Å²) in [4.78, 5) is 5.45. The molecule has 0 saturated carbocycles. The molecule has 0 radical (unpaired) electrons. The van der Waals surface area contributed by atoms with Gasteiger partial charge in [0.1, 0.15) is 15.9 Å². The van der Waals surface area contributed by atoms with E-state index in [1.807, 2.05) is 0 Å². The Kier molecular flexibility index (Phi) is 9.41. The van der Waals surface area contributed by atoms with Crippen LogP contribution >= 0.6 is 7.92 Å². The molecule has 212 valence electrons. The Bertz CT molecular complexity index is 1390. The second-order valence-electron chi connectivity index (χ2n) is 13.0. The fourth-order valence-corrected chi connectivity index (χ4v) is 10.3. The SMILES string of the molecule is CC(C)(O[Si](C)(C)C(C)(C)C)[C@H]1CCc2ccc(-c3ccccc3[PH+](c3ccccc3)c3ccccc3)nc21.[Pd]. The van der Waals surface area contributed by atoms with E-state index in [0.717, 1.165) is 18.5 Å². The summed E-state index contributed by atoms with van der Waals surface area (Å²) in [7, 11) is -3.14. The van der Waals surface area contributed by atoms with Crippen LogP contribution in [0.25, 0.3) is 11.3 Å². The maximum Gasteiger partial charge on any atom is 0.192 e. The molecule has 0 N–H and O–H groups in total. The van der Waals surface area contributed by atoms with Crippen molar-refractivity contribution in [2.45, 2.75) is 77.1 Å². The molecule has 1 aliphatic carbocycles. The van der Waals surface area contributed by atoms with E-state index in [1.54, 1.807) is 0 Å². The fourth-order valence-electron chi connectivity index (χ4n) is 5.77. The van der Waals surface area contributed by atoms with Crippen molar-refractivity contribution in [2.75, 3.05) is 0 Å². The number of aromatic nitrogens is 1. The van der Waals surface area contributed by atoms with Gasteiger partial charge in [-0.2, -0.15) is 0 Å². The molecule has 1 aliphatic rings. The van der Waals surface area contributed by atoms with E-state index >= 15 is 0 Å². The summed E-state index contributed by atoms with van der Waals surface area (Å²) in [6, 6.07) is 35.5. The van der Waals surface area contributed by atoms with Gasteiger partial charge >= 0.3 is 0 Å². The normalized spacial score (nSPS) is 15.6. The van der Waals surface area contributed by atoms with E-state index < -0.39 is 16.2 Å². The van der Waals surface area contributed by atoms with Gasteiger partial charge in [-0.05, 0) is 92.8 Å². The van der Waals surface area contributed by atoms with E-state index in [1.165, 1.54) is 32.7 Å². The first-order valence-electron chi connectivity index (χ1n) is 14.3. The van der Waals surface area contributed by atoms with E-state index in [-0.39, 0.29) is 31.1 Å². The third kappa shape index (κ3) is 6.28. The molecule has 0 amide bonds. The standard InChI is InChI=1S/C35H42NOPSi.Pd/c1-34(2,3)39(6,7)37-35(4,5)30-24-22-26-23-25-31(36-33(26)30)29-20-14-15-21-32(29)38(27-16-10-8-11-17-27)28-18-12-9-13-19-28;/h8-21,23,25,30H,22,24H2,1-7H3;/p+1/t30-;/m0./s1. The first kappa shape index (κ1) is 31.0. The molecule has 1 aromatic heterocycles. The van der Waals surface area contributed by atoms with Crippen molar-refractivity contribution in [2.24, 2.45) is 0 Å². The molecule has 0 spiro atoms. The van der Waals surface area contributed by atoms with Gasteiger partial charge in [-0.3, -0.25) is 4.98 Å². The Morgan fingerprint density at radius 2 is 1.30 bits per heavy atom. The molecule has 4 aromatic rings. The molecule has 1 heterocycles. The molecule has 0 saturated heterocycles. The van der Waals surface area contributed by atoms with Crippen LogP contribution in [-0.4, -0.2) is 18.9 Å². The third-order valence-corrected chi connectivity index (χ3v) is 16.3. The minimum Gasteiger partial charge on any atom is -0.411 e. The number of fused-ring (bicyclic) bond motifs is 1. The van der Waals surface area contributed by atoms with E-state index in [0.29, 0.717) is 5.92 Å². The maximum atomic E-state index is 7.06. The fraction of sp³-hybridized carbons (Fsp3) is 0.343. The Hall–Kier alpha value is -1.92. The van der Waals surface area contributed by atoms with Crippen molar-refractivity contribution in [3.05, 3.63) is 108 Å². The maximum absolute atomic E-state index is 7.06. The van der Waals surface area contributed by atoms with Crippen LogP contribution in [0.5, 0.6) is 0 Å². The van der Waals surface area contributed by atoms with Crippen LogP contribution in [0.1, 0.15) is 58.2 Å².